The number of methoxy groups -OCH3 is 1. The molecule has 0 spiro atoms. The number of hydrogen-bond donors (Lipinski definition) is 1. The van der Waals surface area contributed by atoms with E-state index in [0.717, 1.165) is 7.05 Å². The molecule has 27 heavy (non-hydrogen) atoms. The molecule has 11 heteroatoms. The molecule has 0 bridgehead atoms. The monoisotopic (exact) mass is 392 g/mol. The van der Waals surface area contributed by atoms with Gasteiger partial charge in [0.05, 0.1) is 5.75 Å². The highest BCUT2D eigenvalue weighted by atomic mass is 32.2. The normalized spacial score (nSPS) is 10.9. The molecule has 1 heterocycles. The van der Waals surface area contributed by atoms with E-state index in [-0.39, 0.29) is 28.3 Å². The summed E-state index contributed by atoms with van der Waals surface area (Å²) in [6.45, 7) is 0.111. The standard InChI is InChI=1S/C16H16N4O6S/c1-20(16(21)22)27(23,24)10-11-3-5-13(6-4-11)26-15-7-12(8-17)18-14(19-15)9-25-2/h3-7H,9-10H2,1-2H3,(H,21,22). The highest BCUT2D eigenvalue weighted by Crippen LogP contribution is 2.22. The molecule has 0 radical (unpaired) electrons. The van der Waals surface area contributed by atoms with Gasteiger partial charge in [0.15, 0.2) is 5.82 Å². The first-order chi connectivity index (χ1) is 12.7. The molecule has 1 N–H and O–H groups in total. The molecule has 0 saturated carbocycles. The average molecular weight is 392 g/mol. The number of carbonyl (C=O) groups is 1. The van der Waals surface area contributed by atoms with Crippen molar-refractivity contribution >= 4 is 16.1 Å². The number of carboxylic acid groups (broad SMARTS) is 1. The Bertz CT molecular complexity index is 969. The molecule has 2 rings (SSSR count). The second-order valence-electron chi connectivity index (χ2n) is 5.30. The lowest BCUT2D eigenvalue weighted by Crippen LogP contribution is -2.32. The van der Waals surface area contributed by atoms with E-state index in [2.05, 4.69) is 9.97 Å². The molecular weight excluding hydrogens is 376 g/mol. The van der Waals surface area contributed by atoms with Gasteiger partial charge in [-0.05, 0) is 17.7 Å². The van der Waals surface area contributed by atoms with Crippen LogP contribution in [0, 0.1) is 11.3 Å². The third-order valence-electron chi connectivity index (χ3n) is 3.32. The molecule has 142 valence electrons. The van der Waals surface area contributed by atoms with Crippen LogP contribution in [0.5, 0.6) is 11.6 Å². The molecule has 0 saturated heterocycles. The molecule has 0 aliphatic carbocycles. The first-order valence-electron chi connectivity index (χ1n) is 7.48. The van der Waals surface area contributed by atoms with E-state index >= 15 is 0 Å². The SMILES string of the molecule is COCc1nc(C#N)cc(Oc2ccc(CS(=O)(=O)N(C)C(=O)O)cc2)n1. The van der Waals surface area contributed by atoms with Crippen LogP contribution in [0.15, 0.2) is 30.3 Å². The second kappa shape index (κ2) is 8.43. The Balaban J connectivity index is 2.16. The molecule has 1 aromatic heterocycles. The average Bonchev–Trinajstić information content (AvgIpc) is 2.62. The number of amides is 1. The zero-order valence-corrected chi connectivity index (χ0v) is 15.3. The number of sulfonamides is 1. The zero-order valence-electron chi connectivity index (χ0n) is 14.5. The summed E-state index contributed by atoms with van der Waals surface area (Å²) in [5.74, 6) is 0.305. The van der Waals surface area contributed by atoms with Crippen molar-refractivity contribution in [3.05, 3.63) is 47.4 Å². The maximum atomic E-state index is 11.9. The van der Waals surface area contributed by atoms with E-state index in [9.17, 15) is 13.2 Å². The van der Waals surface area contributed by atoms with Crippen molar-refractivity contribution < 1.29 is 27.8 Å². The summed E-state index contributed by atoms with van der Waals surface area (Å²) in [5, 5.41) is 17.8. The first kappa shape index (κ1) is 20.1. The van der Waals surface area contributed by atoms with E-state index in [1.165, 1.54) is 37.4 Å². The molecule has 1 amide bonds. The van der Waals surface area contributed by atoms with Gasteiger partial charge in [0, 0.05) is 20.2 Å². The Hall–Kier alpha value is -3.23. The van der Waals surface area contributed by atoms with Crippen LogP contribution in [0.1, 0.15) is 17.1 Å². The number of ether oxygens (including phenoxy) is 2. The molecule has 0 unspecified atom stereocenters. The summed E-state index contributed by atoms with van der Waals surface area (Å²) < 4.78 is 34.7. The smallest absolute Gasteiger partial charge is 0.420 e. The van der Waals surface area contributed by atoms with E-state index in [0.29, 0.717) is 11.3 Å². The van der Waals surface area contributed by atoms with Gasteiger partial charge in [0.2, 0.25) is 15.9 Å². The number of benzene rings is 1. The summed E-state index contributed by atoms with van der Waals surface area (Å²) in [4.78, 5) is 18.9. The summed E-state index contributed by atoms with van der Waals surface area (Å²) in [6.07, 6.45) is -1.56. The van der Waals surface area contributed by atoms with Gasteiger partial charge in [0.25, 0.3) is 0 Å². The van der Waals surface area contributed by atoms with Gasteiger partial charge in [-0.2, -0.15) is 10.2 Å². The van der Waals surface area contributed by atoms with Gasteiger partial charge >= 0.3 is 6.09 Å². The first-order valence-corrected chi connectivity index (χ1v) is 9.09. The van der Waals surface area contributed by atoms with E-state index in [4.69, 9.17) is 19.8 Å². The van der Waals surface area contributed by atoms with Crippen molar-refractivity contribution in [1.82, 2.24) is 14.3 Å². The molecule has 0 aliphatic heterocycles. The van der Waals surface area contributed by atoms with Crippen LogP contribution >= 0.6 is 0 Å². The van der Waals surface area contributed by atoms with Crippen LogP contribution in [-0.4, -0.2) is 48.0 Å². The largest absolute Gasteiger partial charge is 0.464 e. The van der Waals surface area contributed by atoms with Crippen LogP contribution < -0.4 is 4.74 Å². The van der Waals surface area contributed by atoms with Crippen molar-refractivity contribution in [3.8, 4) is 17.7 Å². The number of hydrogen-bond acceptors (Lipinski definition) is 8. The van der Waals surface area contributed by atoms with Crippen LogP contribution in [0.3, 0.4) is 0 Å². The van der Waals surface area contributed by atoms with Crippen LogP contribution in [0.2, 0.25) is 0 Å². The van der Waals surface area contributed by atoms with Crippen LogP contribution in [0.25, 0.3) is 0 Å². The van der Waals surface area contributed by atoms with Crippen molar-refractivity contribution in [2.45, 2.75) is 12.4 Å². The van der Waals surface area contributed by atoms with Gasteiger partial charge < -0.3 is 14.6 Å². The minimum atomic E-state index is -3.98. The third kappa shape index (κ3) is 5.37. The number of rotatable bonds is 7. The fourth-order valence-electron chi connectivity index (χ4n) is 1.98. The molecule has 0 atom stereocenters. The zero-order chi connectivity index (χ0) is 20.0. The summed E-state index contributed by atoms with van der Waals surface area (Å²) in [5.41, 5.74) is 0.502. The van der Waals surface area contributed by atoms with Crippen molar-refractivity contribution in [3.63, 3.8) is 0 Å². The lowest BCUT2D eigenvalue weighted by atomic mass is 10.2. The predicted molar refractivity (Wildman–Crippen MR) is 92.4 cm³/mol. The highest BCUT2D eigenvalue weighted by Gasteiger charge is 2.23. The Kier molecular flexibility index (Phi) is 6.27. The lowest BCUT2D eigenvalue weighted by molar-refractivity contribution is 0.177. The lowest BCUT2D eigenvalue weighted by Gasteiger charge is -2.13. The molecule has 1 aromatic carbocycles. The van der Waals surface area contributed by atoms with Crippen molar-refractivity contribution in [2.75, 3.05) is 14.2 Å². The van der Waals surface area contributed by atoms with Crippen LogP contribution in [0.4, 0.5) is 4.79 Å². The third-order valence-corrected chi connectivity index (χ3v) is 5.01. The minimum absolute atomic E-state index is 0.111. The van der Waals surface area contributed by atoms with Gasteiger partial charge in [-0.15, -0.1) is 0 Å². The molecule has 2 aromatic rings. The Morgan fingerprint density at radius 1 is 1.30 bits per heavy atom. The highest BCUT2D eigenvalue weighted by molar-refractivity contribution is 7.88. The quantitative estimate of drug-likeness (QED) is 0.745. The topological polar surface area (TPSA) is 143 Å². The van der Waals surface area contributed by atoms with Gasteiger partial charge in [-0.25, -0.2) is 22.5 Å². The van der Waals surface area contributed by atoms with Crippen LogP contribution in [-0.2, 0) is 27.1 Å². The Labute approximate surface area is 155 Å². The maximum absolute atomic E-state index is 11.9. The van der Waals surface area contributed by atoms with Crippen molar-refractivity contribution in [1.29, 1.82) is 5.26 Å². The Morgan fingerprint density at radius 2 is 1.96 bits per heavy atom. The van der Waals surface area contributed by atoms with E-state index in [1.807, 2.05) is 6.07 Å². The number of nitriles is 1. The van der Waals surface area contributed by atoms with Gasteiger partial charge in [0.1, 0.15) is 24.1 Å². The van der Waals surface area contributed by atoms with Crippen molar-refractivity contribution in [2.24, 2.45) is 0 Å². The molecule has 10 nitrogen and oxygen atoms in total. The van der Waals surface area contributed by atoms with E-state index in [1.54, 1.807) is 0 Å². The maximum Gasteiger partial charge on any atom is 0.420 e. The number of aromatic nitrogens is 2. The summed E-state index contributed by atoms with van der Waals surface area (Å²) >= 11 is 0. The predicted octanol–water partition coefficient (Wildman–Crippen LogP) is 1.73. The number of nitrogens with zero attached hydrogens (tertiary/aromatic N) is 4. The van der Waals surface area contributed by atoms with Gasteiger partial charge in [-0.3, -0.25) is 0 Å². The van der Waals surface area contributed by atoms with E-state index < -0.39 is 21.9 Å². The fourth-order valence-corrected chi connectivity index (χ4v) is 3.02. The Morgan fingerprint density at radius 3 is 2.52 bits per heavy atom. The summed E-state index contributed by atoms with van der Waals surface area (Å²) in [7, 11) is -1.55. The minimum Gasteiger partial charge on any atom is -0.464 e. The molecule has 0 aliphatic rings. The summed E-state index contributed by atoms with van der Waals surface area (Å²) in [6, 6.07) is 9.26. The second-order valence-corrected chi connectivity index (χ2v) is 7.30. The van der Waals surface area contributed by atoms with Gasteiger partial charge in [-0.1, -0.05) is 12.1 Å². The molecular formula is C16H16N4O6S. The molecule has 0 fully saturated rings. The fraction of sp³-hybridized carbons (Fsp3) is 0.250.